The molecule has 25 heavy (non-hydrogen) atoms. The third-order valence-corrected chi connectivity index (χ3v) is 5.33. The van der Waals surface area contributed by atoms with Gasteiger partial charge in [-0.15, -0.1) is 0 Å². The molecule has 2 amide bonds. The molecule has 1 aromatic carbocycles. The quantitative estimate of drug-likeness (QED) is 0.735. The number of nitrogens with one attached hydrogen (secondary N) is 1. The molecule has 1 rings (SSSR count). The Labute approximate surface area is 149 Å². The number of carbonyl (C=O) groups excluding carboxylic acids is 2. The first-order valence-corrected chi connectivity index (χ1v) is 9.93. The number of nitrogens with zero attached hydrogens (tertiary/aromatic N) is 1. The molecule has 3 N–H and O–H groups in total. The van der Waals surface area contributed by atoms with E-state index in [9.17, 15) is 18.0 Å². The fourth-order valence-electron chi connectivity index (χ4n) is 2.14. The molecule has 0 saturated heterocycles. The van der Waals surface area contributed by atoms with E-state index in [4.69, 9.17) is 5.73 Å². The Morgan fingerprint density at radius 1 is 1.16 bits per heavy atom. The molecule has 0 radical (unpaired) electrons. The van der Waals surface area contributed by atoms with Crippen molar-refractivity contribution in [1.82, 2.24) is 10.2 Å². The maximum absolute atomic E-state index is 12.3. The Kier molecular flexibility index (Phi) is 7.13. The molecule has 0 aliphatic rings. The Hall–Kier alpha value is -1.93. The van der Waals surface area contributed by atoms with E-state index in [1.807, 2.05) is 20.8 Å². The smallest absolute Gasteiger partial charge is 0.242 e. The first-order chi connectivity index (χ1) is 11.4. The van der Waals surface area contributed by atoms with Gasteiger partial charge in [-0.1, -0.05) is 26.0 Å². The van der Waals surface area contributed by atoms with Gasteiger partial charge >= 0.3 is 0 Å². The first kappa shape index (κ1) is 21.1. The van der Waals surface area contributed by atoms with Crippen molar-refractivity contribution in [2.75, 3.05) is 19.8 Å². The topological polar surface area (TPSA) is 110 Å². The van der Waals surface area contributed by atoms with Crippen molar-refractivity contribution in [3.8, 4) is 0 Å². The molecular formula is C17H27N3O4S. The van der Waals surface area contributed by atoms with E-state index in [0.717, 1.165) is 11.8 Å². The normalized spacial score (nSPS) is 14.0. The number of benzene rings is 1. The summed E-state index contributed by atoms with van der Waals surface area (Å²) in [5.41, 5.74) is 6.54. The van der Waals surface area contributed by atoms with Crippen molar-refractivity contribution < 1.29 is 18.0 Å². The number of nitrogens with two attached hydrogens (primary N) is 1. The van der Waals surface area contributed by atoms with Crippen LogP contribution in [0.4, 0.5) is 0 Å². The van der Waals surface area contributed by atoms with Crippen LogP contribution in [-0.2, 0) is 19.4 Å². The summed E-state index contributed by atoms with van der Waals surface area (Å²) in [6.07, 6.45) is 1.14. The van der Waals surface area contributed by atoms with Crippen molar-refractivity contribution in [2.45, 2.75) is 37.8 Å². The number of sulfone groups is 1. The summed E-state index contributed by atoms with van der Waals surface area (Å²) in [4.78, 5) is 25.8. The minimum Gasteiger partial charge on any atom is -0.346 e. The summed E-state index contributed by atoms with van der Waals surface area (Å²) in [5, 5.41) is 2.55. The van der Waals surface area contributed by atoms with Gasteiger partial charge in [-0.3, -0.25) is 9.59 Å². The third-order valence-electron chi connectivity index (χ3n) is 4.20. The van der Waals surface area contributed by atoms with Gasteiger partial charge in [0.25, 0.3) is 0 Å². The Morgan fingerprint density at radius 3 is 2.12 bits per heavy atom. The molecule has 2 atom stereocenters. The largest absolute Gasteiger partial charge is 0.346 e. The minimum absolute atomic E-state index is 0.0138. The average molecular weight is 369 g/mol. The molecule has 0 spiro atoms. The molecule has 0 saturated carbocycles. The highest BCUT2D eigenvalue weighted by atomic mass is 32.2. The van der Waals surface area contributed by atoms with E-state index < -0.39 is 15.9 Å². The Morgan fingerprint density at radius 2 is 1.68 bits per heavy atom. The van der Waals surface area contributed by atoms with Crippen LogP contribution in [-0.4, -0.2) is 51.0 Å². The van der Waals surface area contributed by atoms with Gasteiger partial charge in [-0.2, -0.15) is 0 Å². The second kappa shape index (κ2) is 8.44. The molecule has 0 aromatic heterocycles. The van der Waals surface area contributed by atoms with Crippen molar-refractivity contribution >= 4 is 21.7 Å². The van der Waals surface area contributed by atoms with Crippen LogP contribution in [0.5, 0.6) is 0 Å². The van der Waals surface area contributed by atoms with Crippen molar-refractivity contribution in [3.05, 3.63) is 29.8 Å². The monoisotopic (exact) mass is 369 g/mol. The molecule has 1 aromatic rings. The molecule has 1 unspecified atom stereocenters. The van der Waals surface area contributed by atoms with Crippen LogP contribution >= 0.6 is 0 Å². The van der Waals surface area contributed by atoms with Crippen LogP contribution in [0.3, 0.4) is 0 Å². The maximum atomic E-state index is 12.3. The lowest BCUT2D eigenvalue weighted by Gasteiger charge is -2.26. The first-order valence-electron chi connectivity index (χ1n) is 8.04. The number of likely N-dealkylation sites (N-methyl/N-ethyl adjacent to an activating group) is 1. The summed E-state index contributed by atoms with van der Waals surface area (Å²) in [6.45, 7) is 5.36. The average Bonchev–Trinajstić information content (AvgIpc) is 2.56. The van der Waals surface area contributed by atoms with E-state index >= 15 is 0 Å². The maximum Gasteiger partial charge on any atom is 0.242 e. The van der Waals surface area contributed by atoms with Crippen LogP contribution in [0.1, 0.15) is 32.4 Å². The molecule has 8 heteroatoms. The van der Waals surface area contributed by atoms with Gasteiger partial charge in [0.05, 0.1) is 23.5 Å². The molecule has 0 aliphatic carbocycles. The third kappa shape index (κ3) is 5.82. The summed E-state index contributed by atoms with van der Waals surface area (Å²) in [7, 11) is -1.62. The molecule has 0 aliphatic heterocycles. The van der Waals surface area contributed by atoms with Crippen molar-refractivity contribution in [3.63, 3.8) is 0 Å². The van der Waals surface area contributed by atoms with Gasteiger partial charge in [0.15, 0.2) is 9.84 Å². The highest BCUT2D eigenvalue weighted by Gasteiger charge is 2.21. The van der Waals surface area contributed by atoms with E-state index in [1.165, 1.54) is 17.0 Å². The van der Waals surface area contributed by atoms with Gasteiger partial charge in [0, 0.05) is 13.3 Å². The Bertz CT molecular complexity index is 714. The molecule has 0 bridgehead atoms. The van der Waals surface area contributed by atoms with Crippen LogP contribution in [0.25, 0.3) is 0 Å². The van der Waals surface area contributed by atoms with E-state index in [-0.39, 0.29) is 35.2 Å². The van der Waals surface area contributed by atoms with Gasteiger partial charge in [0.2, 0.25) is 11.8 Å². The number of carbonyl (C=O) groups is 2. The van der Waals surface area contributed by atoms with Crippen LogP contribution in [0.15, 0.2) is 29.2 Å². The zero-order valence-corrected chi connectivity index (χ0v) is 16.1. The predicted octanol–water partition coefficient (Wildman–Crippen LogP) is 0.709. The second-order valence-corrected chi connectivity index (χ2v) is 8.53. The molecule has 7 nitrogen and oxygen atoms in total. The number of amides is 2. The lowest BCUT2D eigenvalue weighted by atomic mass is 10.1. The van der Waals surface area contributed by atoms with Crippen LogP contribution in [0.2, 0.25) is 0 Å². The predicted molar refractivity (Wildman–Crippen MR) is 96.6 cm³/mol. The van der Waals surface area contributed by atoms with Gasteiger partial charge < -0.3 is 16.0 Å². The number of hydrogen-bond acceptors (Lipinski definition) is 5. The van der Waals surface area contributed by atoms with E-state index in [1.54, 1.807) is 19.2 Å². The fourth-order valence-corrected chi connectivity index (χ4v) is 2.77. The lowest BCUT2D eigenvalue weighted by molar-refractivity contribution is -0.133. The minimum atomic E-state index is -3.26. The number of hydrogen-bond donors (Lipinski definition) is 2. The summed E-state index contributed by atoms with van der Waals surface area (Å²) >= 11 is 0. The zero-order chi connectivity index (χ0) is 19.4. The molecule has 0 fully saturated rings. The van der Waals surface area contributed by atoms with Gasteiger partial charge in [0.1, 0.15) is 0 Å². The highest BCUT2D eigenvalue weighted by Crippen LogP contribution is 2.20. The van der Waals surface area contributed by atoms with Crippen LogP contribution in [0, 0.1) is 5.92 Å². The van der Waals surface area contributed by atoms with Crippen LogP contribution < -0.4 is 11.1 Å². The molecule has 0 heterocycles. The lowest BCUT2D eigenvalue weighted by Crippen LogP contribution is -2.47. The summed E-state index contributed by atoms with van der Waals surface area (Å²) in [6, 6.07) is 5.47. The fraction of sp³-hybridized carbons (Fsp3) is 0.529. The summed E-state index contributed by atoms with van der Waals surface area (Å²) in [5.74, 6) is -0.633. The second-order valence-electron chi connectivity index (χ2n) is 6.51. The molecular weight excluding hydrogens is 342 g/mol. The Balaban J connectivity index is 2.70. The zero-order valence-electron chi connectivity index (χ0n) is 15.3. The standard InChI is InChI=1S/C17H27N3O4S/c1-11(2)16(18)17(22)19-10-15(21)20(4)12(3)13-6-8-14(9-7-13)25(5,23)24/h6-9,11-12,16H,10,18H2,1-5H3,(H,19,22)/t12?,16-/m0/s1. The summed E-state index contributed by atoms with van der Waals surface area (Å²) < 4.78 is 23.0. The SMILES string of the molecule is CC(C)[C@H](N)C(=O)NCC(=O)N(C)C(C)c1ccc(S(C)(=O)=O)cc1. The van der Waals surface area contributed by atoms with E-state index in [0.29, 0.717) is 0 Å². The number of rotatable bonds is 7. The molecule has 140 valence electrons. The van der Waals surface area contributed by atoms with Gasteiger partial charge in [-0.25, -0.2) is 8.42 Å². The highest BCUT2D eigenvalue weighted by molar-refractivity contribution is 7.90. The van der Waals surface area contributed by atoms with Crippen molar-refractivity contribution in [1.29, 1.82) is 0 Å². The van der Waals surface area contributed by atoms with E-state index in [2.05, 4.69) is 5.32 Å². The van der Waals surface area contributed by atoms with Crippen molar-refractivity contribution in [2.24, 2.45) is 11.7 Å². The van der Waals surface area contributed by atoms with Gasteiger partial charge in [-0.05, 0) is 30.5 Å².